The second-order valence-electron chi connectivity index (χ2n) is 15.8. The summed E-state index contributed by atoms with van der Waals surface area (Å²) in [7, 11) is 0. The fraction of sp³-hybridized carbons (Fsp3) is 0.0164. The molecule has 2 nitrogen and oxygen atoms in total. The van der Waals surface area contributed by atoms with Gasteiger partial charge in [0.1, 0.15) is 0 Å². The van der Waals surface area contributed by atoms with Crippen LogP contribution in [0.2, 0.25) is 0 Å². The third-order valence-electron chi connectivity index (χ3n) is 12.0. The minimum atomic E-state index is 0.871. The van der Waals surface area contributed by atoms with Gasteiger partial charge >= 0.3 is 0 Å². The van der Waals surface area contributed by atoms with E-state index in [4.69, 9.17) is 0 Å². The van der Waals surface area contributed by atoms with Gasteiger partial charge in [0.05, 0.1) is 11.0 Å². The van der Waals surface area contributed by atoms with Crippen molar-refractivity contribution in [1.82, 2.24) is 4.57 Å². The van der Waals surface area contributed by atoms with Crippen molar-refractivity contribution in [3.05, 3.63) is 267 Å². The Morgan fingerprint density at radius 3 is 1.35 bits per heavy atom. The molecule has 1 heterocycles. The summed E-state index contributed by atoms with van der Waals surface area (Å²) in [4.78, 5) is 2.23. The lowest BCUT2D eigenvalue weighted by Gasteiger charge is -2.26. The van der Waals surface area contributed by atoms with Crippen LogP contribution < -0.4 is 4.90 Å². The zero-order valence-corrected chi connectivity index (χ0v) is 35.3. The molecule has 0 bridgehead atoms. The number of hydrogen-bond acceptors (Lipinski definition) is 1. The molecule has 0 saturated carbocycles. The molecule has 10 aromatic rings. The Bertz CT molecular complexity index is 3230. The number of anilines is 2. The van der Waals surface area contributed by atoms with Crippen molar-refractivity contribution in [2.45, 2.75) is 6.92 Å². The van der Waals surface area contributed by atoms with Gasteiger partial charge in [0.25, 0.3) is 0 Å². The van der Waals surface area contributed by atoms with Crippen LogP contribution >= 0.6 is 0 Å². The highest BCUT2D eigenvalue weighted by Crippen LogP contribution is 2.37. The fourth-order valence-corrected chi connectivity index (χ4v) is 8.69. The van der Waals surface area contributed by atoms with Crippen molar-refractivity contribution in [2.75, 3.05) is 4.90 Å². The van der Waals surface area contributed by atoms with Crippen LogP contribution in [-0.2, 0) is 0 Å². The van der Waals surface area contributed by atoms with Gasteiger partial charge in [-0.05, 0) is 123 Å². The summed E-state index contributed by atoms with van der Waals surface area (Å²) in [5.74, 6) is 0. The Morgan fingerprint density at radius 1 is 0.397 bits per heavy atom. The molecule has 2 heteroatoms. The first kappa shape index (κ1) is 39.0. The molecule has 0 atom stereocenters. The average molecular weight is 807 g/mol. The van der Waals surface area contributed by atoms with Gasteiger partial charge in [0.2, 0.25) is 0 Å². The molecule has 0 saturated heterocycles. The molecule has 10 rings (SSSR count). The van der Waals surface area contributed by atoms with E-state index >= 15 is 0 Å². The molecule has 0 N–H and O–H groups in total. The summed E-state index contributed by atoms with van der Waals surface area (Å²) in [5.41, 5.74) is 18.3. The SMILES string of the molecule is C=C(/C=C\C(=C/C)c1ccccc1)N(c1ccc(-c2ccccc2)cc1)c1ccc(-c2ccc(-c3ccc4c(c3)c3ccccc3n4-c3ccc(-c4ccccc4)cc3)cc2)cc1. The van der Waals surface area contributed by atoms with E-state index in [9.17, 15) is 0 Å². The zero-order chi connectivity index (χ0) is 42.5. The van der Waals surface area contributed by atoms with E-state index in [1.807, 2.05) is 6.07 Å². The van der Waals surface area contributed by atoms with Crippen molar-refractivity contribution in [1.29, 1.82) is 0 Å². The highest BCUT2D eigenvalue weighted by Gasteiger charge is 2.15. The number of hydrogen-bond donors (Lipinski definition) is 0. The van der Waals surface area contributed by atoms with E-state index in [0.717, 1.165) is 33.9 Å². The fourth-order valence-electron chi connectivity index (χ4n) is 8.69. The van der Waals surface area contributed by atoms with Gasteiger partial charge in [0.15, 0.2) is 0 Å². The smallest absolute Gasteiger partial charge is 0.0541 e. The largest absolute Gasteiger partial charge is 0.311 e. The molecule has 300 valence electrons. The van der Waals surface area contributed by atoms with E-state index in [1.54, 1.807) is 0 Å². The van der Waals surface area contributed by atoms with Gasteiger partial charge < -0.3 is 9.47 Å². The Hall–Kier alpha value is -8.20. The highest BCUT2D eigenvalue weighted by molar-refractivity contribution is 6.10. The van der Waals surface area contributed by atoms with Crippen molar-refractivity contribution < 1.29 is 0 Å². The van der Waals surface area contributed by atoms with Gasteiger partial charge in [-0.2, -0.15) is 0 Å². The van der Waals surface area contributed by atoms with Gasteiger partial charge in [-0.15, -0.1) is 0 Å². The van der Waals surface area contributed by atoms with Crippen LogP contribution in [0.15, 0.2) is 261 Å². The minimum absolute atomic E-state index is 0.871. The Labute approximate surface area is 370 Å². The molecule has 0 aliphatic carbocycles. The first-order chi connectivity index (χ1) is 31.1. The standard InChI is InChI=1S/C61H46N2/c1-3-45(46-15-7-4-8-16-46)24-23-44(2)62(55-36-29-50(30-37-55)47-17-9-5-10-18-47)56-38-31-52(32-39-56)49-25-27-53(28-26-49)54-35-42-61-59(43-54)58-21-13-14-22-60(58)63(61)57-40-33-51(34-41-57)48-19-11-6-12-20-48/h3-43H,2H2,1H3/b24-23-,45-3+. The first-order valence-electron chi connectivity index (χ1n) is 21.6. The predicted molar refractivity (Wildman–Crippen MR) is 269 cm³/mol. The van der Waals surface area contributed by atoms with Crippen LogP contribution in [0.3, 0.4) is 0 Å². The van der Waals surface area contributed by atoms with Crippen LogP contribution in [0, 0.1) is 0 Å². The van der Waals surface area contributed by atoms with Crippen LogP contribution in [0.4, 0.5) is 11.4 Å². The summed E-state index contributed by atoms with van der Waals surface area (Å²) >= 11 is 0. The normalized spacial score (nSPS) is 11.7. The Kier molecular flexibility index (Phi) is 10.8. The van der Waals surface area contributed by atoms with Gasteiger partial charge in [-0.1, -0.05) is 195 Å². The lowest BCUT2D eigenvalue weighted by atomic mass is 9.98. The number of rotatable bonds is 11. The predicted octanol–water partition coefficient (Wildman–Crippen LogP) is 16.8. The second kappa shape index (κ2) is 17.4. The average Bonchev–Trinajstić information content (AvgIpc) is 3.69. The molecular formula is C61H46N2. The summed E-state index contributed by atoms with van der Waals surface area (Å²) in [6, 6.07) is 82.5. The number of para-hydroxylation sites is 1. The second-order valence-corrected chi connectivity index (χ2v) is 15.8. The van der Waals surface area contributed by atoms with E-state index in [-0.39, 0.29) is 0 Å². The number of allylic oxidation sites excluding steroid dienone is 4. The Morgan fingerprint density at radius 2 is 0.810 bits per heavy atom. The van der Waals surface area contributed by atoms with Crippen molar-refractivity contribution in [3.8, 4) is 50.2 Å². The van der Waals surface area contributed by atoms with E-state index < -0.39 is 0 Å². The van der Waals surface area contributed by atoms with Gasteiger partial charge in [-0.25, -0.2) is 0 Å². The molecular weight excluding hydrogens is 761 g/mol. The minimum Gasteiger partial charge on any atom is -0.311 e. The molecule has 0 aliphatic heterocycles. The maximum Gasteiger partial charge on any atom is 0.0541 e. The third-order valence-corrected chi connectivity index (χ3v) is 12.0. The van der Waals surface area contributed by atoms with Crippen molar-refractivity contribution >= 4 is 38.8 Å². The van der Waals surface area contributed by atoms with Crippen molar-refractivity contribution in [2.24, 2.45) is 0 Å². The molecule has 0 unspecified atom stereocenters. The molecule has 0 aliphatic rings. The van der Waals surface area contributed by atoms with Crippen LogP contribution in [-0.4, -0.2) is 4.57 Å². The van der Waals surface area contributed by atoms with Crippen LogP contribution in [0.25, 0.3) is 77.6 Å². The lowest BCUT2D eigenvalue weighted by molar-refractivity contribution is 1.18. The Balaban J connectivity index is 0.929. The summed E-state index contributed by atoms with van der Waals surface area (Å²) in [5, 5.41) is 2.49. The van der Waals surface area contributed by atoms with E-state index in [2.05, 4.69) is 266 Å². The number of nitrogens with zero attached hydrogens (tertiary/aromatic N) is 2. The van der Waals surface area contributed by atoms with Crippen LogP contribution in [0.5, 0.6) is 0 Å². The number of aromatic nitrogens is 1. The number of fused-ring (bicyclic) bond motifs is 3. The summed E-state index contributed by atoms with van der Waals surface area (Å²) < 4.78 is 2.38. The molecule has 9 aromatic carbocycles. The highest BCUT2D eigenvalue weighted by atomic mass is 15.1. The van der Waals surface area contributed by atoms with Crippen molar-refractivity contribution in [3.63, 3.8) is 0 Å². The zero-order valence-electron chi connectivity index (χ0n) is 35.3. The third kappa shape index (κ3) is 7.94. The summed E-state index contributed by atoms with van der Waals surface area (Å²) in [6.45, 7) is 6.66. The van der Waals surface area contributed by atoms with E-state index in [1.165, 1.54) is 66.3 Å². The maximum atomic E-state index is 4.58. The molecule has 63 heavy (non-hydrogen) atoms. The van der Waals surface area contributed by atoms with Gasteiger partial charge in [-0.3, -0.25) is 0 Å². The van der Waals surface area contributed by atoms with Gasteiger partial charge in [0, 0.05) is 33.5 Å². The number of benzene rings is 9. The molecule has 0 radical (unpaired) electrons. The lowest BCUT2D eigenvalue weighted by Crippen LogP contribution is -2.14. The van der Waals surface area contributed by atoms with E-state index in [0.29, 0.717) is 0 Å². The molecule has 0 amide bonds. The molecule has 0 spiro atoms. The quantitative estimate of drug-likeness (QED) is 0.118. The summed E-state index contributed by atoms with van der Waals surface area (Å²) in [6.07, 6.45) is 6.40. The topological polar surface area (TPSA) is 8.17 Å². The first-order valence-corrected chi connectivity index (χ1v) is 21.6. The van der Waals surface area contributed by atoms with Crippen LogP contribution in [0.1, 0.15) is 12.5 Å². The molecule has 0 fully saturated rings. The maximum absolute atomic E-state index is 4.58. The molecule has 1 aromatic heterocycles. The monoisotopic (exact) mass is 806 g/mol.